The molecule has 9 heteroatoms. The van der Waals surface area contributed by atoms with E-state index in [0.29, 0.717) is 6.79 Å². The van der Waals surface area contributed by atoms with Crippen LogP contribution in [0.4, 0.5) is 0 Å². The first kappa shape index (κ1) is 21.2. The third-order valence-electron chi connectivity index (χ3n) is 4.67. The molecular weight excluding hydrogens is 483 g/mol. The highest BCUT2D eigenvalue weighted by atomic mass is 127. The van der Waals surface area contributed by atoms with E-state index in [2.05, 4.69) is 25.4 Å². The summed E-state index contributed by atoms with van der Waals surface area (Å²) in [5.41, 5.74) is 2.02. The molecule has 2 aromatic heterocycles. The van der Waals surface area contributed by atoms with E-state index in [1.54, 1.807) is 7.05 Å². The number of nitrogens with one attached hydrogen (secondary N) is 1. The molecule has 1 N–H and O–H groups in total. The molecule has 154 valence electrons. The van der Waals surface area contributed by atoms with E-state index in [4.69, 9.17) is 9.47 Å². The van der Waals surface area contributed by atoms with Crippen molar-refractivity contribution in [1.29, 1.82) is 0 Å². The number of fused-ring (bicyclic) bond motifs is 2. The number of ether oxygens (including phenoxy) is 2. The van der Waals surface area contributed by atoms with Crippen LogP contribution in [0.15, 0.2) is 47.6 Å². The lowest BCUT2D eigenvalue weighted by Crippen LogP contribution is -2.39. The third-order valence-corrected chi connectivity index (χ3v) is 4.67. The van der Waals surface area contributed by atoms with E-state index in [9.17, 15) is 0 Å². The van der Waals surface area contributed by atoms with Crippen molar-refractivity contribution in [1.82, 2.24) is 24.8 Å². The van der Waals surface area contributed by atoms with Crippen LogP contribution < -0.4 is 14.8 Å². The summed E-state index contributed by atoms with van der Waals surface area (Å²) >= 11 is 0. The highest BCUT2D eigenvalue weighted by molar-refractivity contribution is 14.0. The summed E-state index contributed by atoms with van der Waals surface area (Å²) in [6, 6.07) is 11.9. The summed E-state index contributed by atoms with van der Waals surface area (Å²) in [5, 5.41) is 11.9. The minimum Gasteiger partial charge on any atom is -0.454 e. The number of aryl methyl sites for hydroxylation is 1. The molecule has 0 spiro atoms. The van der Waals surface area contributed by atoms with Gasteiger partial charge in [-0.3, -0.25) is 9.39 Å². The van der Waals surface area contributed by atoms with Crippen LogP contribution in [0.1, 0.15) is 17.8 Å². The second-order valence-electron chi connectivity index (χ2n) is 6.67. The van der Waals surface area contributed by atoms with Crippen molar-refractivity contribution in [3.63, 3.8) is 0 Å². The number of hydrogen-bond donors (Lipinski definition) is 1. The molecule has 3 heterocycles. The number of aromatic nitrogens is 3. The Morgan fingerprint density at radius 2 is 2.07 bits per heavy atom. The molecule has 8 nitrogen and oxygen atoms in total. The van der Waals surface area contributed by atoms with Crippen LogP contribution in [0, 0.1) is 0 Å². The molecule has 0 saturated carbocycles. The molecule has 0 unspecified atom stereocenters. The molecular formula is C20H25IN6O2. The molecule has 0 aliphatic carbocycles. The van der Waals surface area contributed by atoms with Crippen molar-refractivity contribution in [3.8, 4) is 11.5 Å². The molecule has 0 fully saturated rings. The Bertz CT molecular complexity index is 990. The lowest BCUT2D eigenvalue weighted by Gasteiger charge is -2.22. The molecule has 1 aliphatic rings. The van der Waals surface area contributed by atoms with Gasteiger partial charge in [0.25, 0.3) is 0 Å². The molecule has 4 rings (SSSR count). The largest absolute Gasteiger partial charge is 0.454 e. The minimum atomic E-state index is 0. The number of rotatable bonds is 6. The van der Waals surface area contributed by atoms with Crippen LogP contribution >= 0.6 is 24.0 Å². The summed E-state index contributed by atoms with van der Waals surface area (Å²) in [7, 11) is 3.82. The second kappa shape index (κ2) is 9.77. The summed E-state index contributed by atoms with van der Waals surface area (Å²) in [4.78, 5) is 6.47. The maximum absolute atomic E-state index is 5.45. The predicted octanol–water partition coefficient (Wildman–Crippen LogP) is 2.72. The average Bonchev–Trinajstić information content (AvgIpc) is 3.34. The number of pyridine rings is 1. The van der Waals surface area contributed by atoms with Crippen molar-refractivity contribution in [3.05, 3.63) is 54.0 Å². The fourth-order valence-electron chi connectivity index (χ4n) is 3.28. The van der Waals surface area contributed by atoms with Crippen molar-refractivity contribution < 1.29 is 9.47 Å². The van der Waals surface area contributed by atoms with Gasteiger partial charge in [0.2, 0.25) is 6.79 Å². The van der Waals surface area contributed by atoms with Crippen molar-refractivity contribution in [2.24, 2.45) is 4.99 Å². The SMILES string of the molecule is CN=C(NCCCc1nnc2ccccn12)N(C)Cc1ccc2c(c1)OCO2.I. The van der Waals surface area contributed by atoms with E-state index >= 15 is 0 Å². The van der Waals surface area contributed by atoms with Gasteiger partial charge in [0.05, 0.1) is 0 Å². The zero-order chi connectivity index (χ0) is 19.3. The van der Waals surface area contributed by atoms with Crippen molar-refractivity contribution in [2.45, 2.75) is 19.4 Å². The fourth-order valence-corrected chi connectivity index (χ4v) is 3.28. The van der Waals surface area contributed by atoms with Gasteiger partial charge in [-0.1, -0.05) is 12.1 Å². The minimum absolute atomic E-state index is 0. The Kier molecular flexibility index (Phi) is 7.13. The highest BCUT2D eigenvalue weighted by Crippen LogP contribution is 2.32. The molecule has 1 aromatic carbocycles. The van der Waals surface area contributed by atoms with Gasteiger partial charge in [-0.15, -0.1) is 34.2 Å². The predicted molar refractivity (Wildman–Crippen MR) is 122 cm³/mol. The molecule has 0 bridgehead atoms. The summed E-state index contributed by atoms with van der Waals surface area (Å²) in [6.45, 7) is 1.82. The van der Waals surface area contributed by atoms with E-state index in [1.165, 1.54) is 0 Å². The Morgan fingerprint density at radius 1 is 1.21 bits per heavy atom. The average molecular weight is 508 g/mol. The van der Waals surface area contributed by atoms with Crippen LogP contribution in [0.5, 0.6) is 11.5 Å². The Labute approximate surface area is 187 Å². The summed E-state index contributed by atoms with van der Waals surface area (Å²) in [5.74, 6) is 3.43. The molecule has 0 amide bonds. The maximum atomic E-state index is 5.45. The molecule has 0 radical (unpaired) electrons. The standard InChI is InChI=1S/C20H24N6O2.HI/c1-21-20(25(2)13-15-8-9-16-17(12-15)28-14-27-16)22-10-5-7-19-24-23-18-6-3-4-11-26(18)19;/h3-4,6,8-9,11-12H,5,7,10,13-14H2,1-2H3,(H,21,22);1H. The maximum Gasteiger partial charge on any atom is 0.231 e. The Balaban J connectivity index is 0.00000240. The van der Waals surface area contributed by atoms with Crippen molar-refractivity contribution in [2.75, 3.05) is 27.4 Å². The molecule has 0 saturated heterocycles. The number of nitrogens with zero attached hydrogens (tertiary/aromatic N) is 5. The fraction of sp³-hybridized carbons (Fsp3) is 0.350. The zero-order valence-corrected chi connectivity index (χ0v) is 18.9. The van der Waals surface area contributed by atoms with Gasteiger partial charge in [-0.05, 0) is 36.2 Å². The lowest BCUT2D eigenvalue weighted by molar-refractivity contribution is 0.174. The van der Waals surface area contributed by atoms with Gasteiger partial charge in [0.1, 0.15) is 5.82 Å². The van der Waals surface area contributed by atoms with E-state index < -0.39 is 0 Å². The third kappa shape index (κ3) is 4.89. The van der Waals surface area contributed by atoms with Crippen LogP contribution in [0.2, 0.25) is 0 Å². The first-order valence-electron chi connectivity index (χ1n) is 9.33. The van der Waals surface area contributed by atoms with Crippen LogP contribution in [0.25, 0.3) is 5.65 Å². The quantitative estimate of drug-likeness (QED) is 0.239. The van der Waals surface area contributed by atoms with Gasteiger partial charge in [0.15, 0.2) is 23.1 Å². The van der Waals surface area contributed by atoms with E-state index in [1.807, 2.05) is 54.0 Å². The number of guanidine groups is 1. The van der Waals surface area contributed by atoms with Gasteiger partial charge in [-0.2, -0.15) is 0 Å². The van der Waals surface area contributed by atoms with E-state index in [0.717, 1.165) is 60.4 Å². The molecule has 0 atom stereocenters. The van der Waals surface area contributed by atoms with E-state index in [-0.39, 0.29) is 24.0 Å². The Morgan fingerprint density at radius 3 is 2.93 bits per heavy atom. The summed E-state index contributed by atoms with van der Waals surface area (Å²) < 4.78 is 12.8. The molecule has 1 aliphatic heterocycles. The number of hydrogen-bond acceptors (Lipinski definition) is 5. The molecule has 3 aromatic rings. The van der Waals surface area contributed by atoms with Crippen LogP contribution in [0.3, 0.4) is 0 Å². The summed E-state index contributed by atoms with van der Waals surface area (Å²) in [6.07, 6.45) is 3.78. The normalized spacial score (nSPS) is 12.7. The van der Waals surface area contributed by atoms with Crippen LogP contribution in [-0.4, -0.2) is 52.9 Å². The first-order valence-corrected chi connectivity index (χ1v) is 9.33. The number of benzene rings is 1. The van der Waals surface area contributed by atoms with Gasteiger partial charge in [0, 0.05) is 39.8 Å². The topological polar surface area (TPSA) is 76.3 Å². The molecule has 29 heavy (non-hydrogen) atoms. The highest BCUT2D eigenvalue weighted by Gasteiger charge is 2.14. The second-order valence-corrected chi connectivity index (χ2v) is 6.67. The van der Waals surface area contributed by atoms with Gasteiger partial charge >= 0.3 is 0 Å². The van der Waals surface area contributed by atoms with Crippen LogP contribution in [-0.2, 0) is 13.0 Å². The number of halogens is 1. The van der Waals surface area contributed by atoms with Gasteiger partial charge < -0.3 is 19.7 Å². The van der Waals surface area contributed by atoms with Gasteiger partial charge in [-0.25, -0.2) is 0 Å². The Hall–Kier alpha value is -2.56. The smallest absolute Gasteiger partial charge is 0.231 e. The van der Waals surface area contributed by atoms with Crippen molar-refractivity contribution >= 4 is 35.6 Å². The first-order chi connectivity index (χ1) is 13.7. The number of aliphatic imine (C=N–C) groups is 1. The lowest BCUT2D eigenvalue weighted by atomic mass is 10.2. The monoisotopic (exact) mass is 508 g/mol. The zero-order valence-electron chi connectivity index (χ0n) is 16.5.